The highest BCUT2D eigenvalue weighted by Crippen LogP contribution is 2.41. The first-order valence-electron chi connectivity index (χ1n) is 8.19. The monoisotopic (exact) mass is 336 g/mol. The van der Waals surface area contributed by atoms with E-state index in [1.807, 2.05) is 17.0 Å². The van der Waals surface area contributed by atoms with Crippen molar-refractivity contribution in [3.63, 3.8) is 0 Å². The van der Waals surface area contributed by atoms with Crippen LogP contribution in [0.1, 0.15) is 30.2 Å². The lowest BCUT2D eigenvalue weighted by Gasteiger charge is -2.30. The summed E-state index contributed by atoms with van der Waals surface area (Å²) in [5.41, 5.74) is 1.01. The number of thioether (sulfide) groups is 1. The number of hydrogen-bond donors (Lipinski definition) is 1. The van der Waals surface area contributed by atoms with Crippen LogP contribution in [0.4, 0.5) is 0 Å². The summed E-state index contributed by atoms with van der Waals surface area (Å²) in [6, 6.07) is 5.35. The molecule has 1 amide bonds. The van der Waals surface area contributed by atoms with Gasteiger partial charge in [0.2, 0.25) is 5.91 Å². The molecule has 23 heavy (non-hydrogen) atoms. The number of likely N-dealkylation sites (tertiary alicyclic amines) is 1. The Kier molecular flexibility index (Phi) is 5.33. The minimum atomic E-state index is 0.0155. The van der Waals surface area contributed by atoms with Crippen molar-refractivity contribution in [1.29, 1.82) is 0 Å². The van der Waals surface area contributed by atoms with Gasteiger partial charge in [-0.05, 0) is 43.6 Å². The van der Waals surface area contributed by atoms with Crippen LogP contribution < -0.4 is 4.74 Å². The van der Waals surface area contributed by atoms with Crippen LogP contribution >= 0.6 is 11.8 Å². The normalized spacial score (nSPS) is 22.6. The Labute approximate surface area is 141 Å². The molecule has 2 heterocycles. The predicted octanol–water partition coefficient (Wildman–Crippen LogP) is 2.46. The zero-order valence-corrected chi connectivity index (χ0v) is 14.3. The highest BCUT2D eigenvalue weighted by atomic mass is 32.2. The maximum atomic E-state index is 12.3. The van der Waals surface area contributed by atoms with Crippen LogP contribution in [0, 0.1) is 0 Å². The highest BCUT2D eigenvalue weighted by molar-refractivity contribution is 8.00. The highest BCUT2D eigenvalue weighted by Gasteiger charge is 2.33. The van der Waals surface area contributed by atoms with E-state index in [2.05, 4.69) is 4.90 Å². The van der Waals surface area contributed by atoms with Gasteiger partial charge >= 0.3 is 0 Å². The van der Waals surface area contributed by atoms with Crippen LogP contribution in [0.5, 0.6) is 11.5 Å². The first kappa shape index (κ1) is 16.5. The van der Waals surface area contributed by atoms with Crippen LogP contribution in [0.15, 0.2) is 18.2 Å². The lowest BCUT2D eigenvalue weighted by Crippen LogP contribution is -2.39. The number of nitrogens with zero attached hydrogens (tertiary/aromatic N) is 2. The molecule has 0 spiro atoms. The summed E-state index contributed by atoms with van der Waals surface area (Å²) in [4.78, 5) is 16.7. The van der Waals surface area contributed by atoms with E-state index in [0.29, 0.717) is 11.5 Å². The van der Waals surface area contributed by atoms with Gasteiger partial charge in [-0.3, -0.25) is 4.79 Å². The third kappa shape index (κ3) is 3.75. The van der Waals surface area contributed by atoms with Crippen molar-refractivity contribution >= 4 is 17.7 Å². The molecule has 126 valence electrons. The van der Waals surface area contributed by atoms with Gasteiger partial charge in [0.25, 0.3) is 0 Å². The summed E-state index contributed by atoms with van der Waals surface area (Å²) in [6.07, 6.45) is 3.85. The van der Waals surface area contributed by atoms with Gasteiger partial charge in [-0.2, -0.15) is 0 Å². The third-order valence-electron chi connectivity index (χ3n) is 4.56. The van der Waals surface area contributed by atoms with E-state index in [9.17, 15) is 9.90 Å². The van der Waals surface area contributed by atoms with E-state index >= 15 is 0 Å². The number of rotatable bonds is 5. The van der Waals surface area contributed by atoms with Crippen LogP contribution in [0.2, 0.25) is 0 Å². The quantitative estimate of drug-likeness (QED) is 0.895. The van der Waals surface area contributed by atoms with Crippen molar-refractivity contribution < 1.29 is 14.6 Å². The summed E-state index contributed by atoms with van der Waals surface area (Å²) in [5, 5.41) is 9.77. The van der Waals surface area contributed by atoms with Crippen LogP contribution in [0.3, 0.4) is 0 Å². The molecule has 0 aromatic heterocycles. The molecule has 0 bridgehead atoms. The SMILES string of the molecule is COc1cc([C@@H]2SCC(=O)N2CCN2CCCCC2)ccc1O. The fourth-order valence-electron chi connectivity index (χ4n) is 3.25. The number of aromatic hydroxyl groups is 1. The summed E-state index contributed by atoms with van der Waals surface area (Å²) >= 11 is 1.64. The van der Waals surface area contributed by atoms with Crippen molar-refractivity contribution in [2.45, 2.75) is 24.6 Å². The average molecular weight is 336 g/mol. The molecular weight excluding hydrogens is 312 g/mol. The Morgan fingerprint density at radius 1 is 1.26 bits per heavy atom. The van der Waals surface area contributed by atoms with Gasteiger partial charge in [0, 0.05) is 13.1 Å². The number of methoxy groups -OCH3 is 1. The van der Waals surface area contributed by atoms with Gasteiger partial charge in [0.1, 0.15) is 5.37 Å². The number of hydrogen-bond acceptors (Lipinski definition) is 5. The minimum Gasteiger partial charge on any atom is -0.504 e. The van der Waals surface area contributed by atoms with E-state index in [1.54, 1.807) is 24.9 Å². The molecule has 2 aliphatic heterocycles. The second-order valence-electron chi connectivity index (χ2n) is 6.08. The molecule has 0 aliphatic carbocycles. The summed E-state index contributed by atoms with van der Waals surface area (Å²) in [7, 11) is 1.54. The van der Waals surface area contributed by atoms with Crippen LogP contribution in [-0.2, 0) is 4.79 Å². The number of carbonyl (C=O) groups is 1. The number of amides is 1. The van der Waals surface area contributed by atoms with Crippen LogP contribution in [0.25, 0.3) is 0 Å². The zero-order chi connectivity index (χ0) is 16.2. The molecule has 2 fully saturated rings. The van der Waals surface area contributed by atoms with Crippen molar-refractivity contribution in [1.82, 2.24) is 9.80 Å². The number of carbonyl (C=O) groups excluding carboxylic acids is 1. The molecule has 2 saturated heterocycles. The molecule has 1 aromatic rings. The number of phenols is 1. The third-order valence-corrected chi connectivity index (χ3v) is 5.82. The maximum absolute atomic E-state index is 12.3. The minimum absolute atomic E-state index is 0.0155. The largest absolute Gasteiger partial charge is 0.504 e. The Morgan fingerprint density at radius 3 is 2.78 bits per heavy atom. The predicted molar refractivity (Wildman–Crippen MR) is 91.9 cm³/mol. The fourth-order valence-corrected chi connectivity index (χ4v) is 4.46. The van der Waals surface area contributed by atoms with E-state index in [-0.39, 0.29) is 17.0 Å². The van der Waals surface area contributed by atoms with E-state index < -0.39 is 0 Å². The fraction of sp³-hybridized carbons (Fsp3) is 0.588. The van der Waals surface area contributed by atoms with Gasteiger partial charge < -0.3 is 19.6 Å². The number of piperidine rings is 1. The summed E-state index contributed by atoms with van der Waals surface area (Å²) in [5.74, 6) is 1.31. The molecule has 0 unspecified atom stereocenters. The smallest absolute Gasteiger partial charge is 0.233 e. The Bertz CT molecular complexity index is 561. The molecule has 0 saturated carbocycles. The second-order valence-corrected chi connectivity index (χ2v) is 7.15. The average Bonchev–Trinajstić information content (AvgIpc) is 2.95. The van der Waals surface area contributed by atoms with Crippen molar-refractivity contribution in [2.75, 3.05) is 39.0 Å². The zero-order valence-electron chi connectivity index (χ0n) is 13.5. The molecule has 6 heteroatoms. The molecule has 0 radical (unpaired) electrons. The molecule has 3 rings (SSSR count). The van der Waals surface area contributed by atoms with Gasteiger partial charge in [0.05, 0.1) is 12.9 Å². The van der Waals surface area contributed by atoms with E-state index in [4.69, 9.17) is 4.74 Å². The number of benzene rings is 1. The van der Waals surface area contributed by atoms with Gasteiger partial charge in [-0.1, -0.05) is 12.5 Å². The van der Waals surface area contributed by atoms with Gasteiger partial charge in [0.15, 0.2) is 11.5 Å². The molecule has 1 N–H and O–H groups in total. The van der Waals surface area contributed by atoms with Crippen molar-refractivity contribution in [3.8, 4) is 11.5 Å². The Morgan fingerprint density at radius 2 is 2.04 bits per heavy atom. The second kappa shape index (κ2) is 7.45. The standard InChI is InChI=1S/C17H24N2O3S/c1-22-15-11-13(5-6-14(15)20)17-19(16(21)12-23-17)10-9-18-7-3-2-4-8-18/h5-6,11,17,20H,2-4,7-10,12H2,1H3/t17-/m0/s1. The Hall–Kier alpha value is -1.40. The topological polar surface area (TPSA) is 53.0 Å². The Balaban J connectivity index is 1.69. The first-order chi connectivity index (χ1) is 11.2. The number of phenolic OH excluding ortho intramolecular Hbond substituents is 1. The number of ether oxygens (including phenoxy) is 1. The van der Waals surface area contributed by atoms with Crippen LogP contribution in [-0.4, -0.2) is 59.9 Å². The molecule has 2 aliphatic rings. The van der Waals surface area contributed by atoms with Crippen molar-refractivity contribution in [2.24, 2.45) is 0 Å². The van der Waals surface area contributed by atoms with E-state index in [1.165, 1.54) is 19.3 Å². The summed E-state index contributed by atoms with van der Waals surface area (Å²) in [6.45, 7) is 4.00. The molecule has 1 atom stereocenters. The molecular formula is C17H24N2O3S. The lowest BCUT2D eigenvalue weighted by molar-refractivity contribution is -0.128. The van der Waals surface area contributed by atoms with Gasteiger partial charge in [-0.15, -0.1) is 11.8 Å². The lowest BCUT2D eigenvalue weighted by atomic mass is 10.1. The molecule has 5 nitrogen and oxygen atoms in total. The maximum Gasteiger partial charge on any atom is 0.233 e. The first-order valence-corrected chi connectivity index (χ1v) is 9.24. The molecule has 1 aromatic carbocycles. The summed E-state index contributed by atoms with van der Waals surface area (Å²) < 4.78 is 5.19. The van der Waals surface area contributed by atoms with Crippen molar-refractivity contribution in [3.05, 3.63) is 23.8 Å². The van der Waals surface area contributed by atoms with Gasteiger partial charge in [-0.25, -0.2) is 0 Å². The van der Waals surface area contributed by atoms with E-state index in [0.717, 1.165) is 31.7 Å².